The van der Waals surface area contributed by atoms with Crippen molar-refractivity contribution in [2.45, 2.75) is 38.5 Å². The maximum atomic E-state index is 5.66. The van der Waals surface area contributed by atoms with E-state index in [4.69, 9.17) is 4.42 Å². The van der Waals surface area contributed by atoms with Crippen molar-refractivity contribution in [2.75, 3.05) is 5.75 Å². The summed E-state index contributed by atoms with van der Waals surface area (Å²) < 4.78 is 5.66. The Bertz CT molecular complexity index is 455. The summed E-state index contributed by atoms with van der Waals surface area (Å²) in [6.07, 6.45) is 7.92. The van der Waals surface area contributed by atoms with Crippen molar-refractivity contribution in [3.63, 3.8) is 0 Å². The van der Waals surface area contributed by atoms with Crippen molar-refractivity contribution in [3.05, 3.63) is 35.3 Å². The van der Waals surface area contributed by atoms with Crippen LogP contribution in [0.15, 0.2) is 28.4 Å². The Labute approximate surface area is 109 Å². The van der Waals surface area contributed by atoms with Crippen molar-refractivity contribution >= 4 is 12.6 Å². The molecule has 0 saturated heterocycles. The fraction of sp³-hybridized carbons (Fsp3) is 0.600. The molecule has 0 saturated carbocycles. The van der Waals surface area contributed by atoms with Crippen LogP contribution in [0.2, 0.25) is 0 Å². The summed E-state index contributed by atoms with van der Waals surface area (Å²) in [4.78, 5) is 0. The van der Waals surface area contributed by atoms with Gasteiger partial charge >= 0.3 is 0 Å². The van der Waals surface area contributed by atoms with Gasteiger partial charge in [-0.25, -0.2) is 0 Å². The summed E-state index contributed by atoms with van der Waals surface area (Å²) in [6.45, 7) is 4.75. The molecule has 0 bridgehead atoms. The third kappa shape index (κ3) is 1.69. The lowest BCUT2D eigenvalue weighted by Crippen LogP contribution is -2.40. The number of rotatable bonds is 1. The zero-order chi connectivity index (χ0) is 12.0. The van der Waals surface area contributed by atoms with Crippen LogP contribution in [0, 0.1) is 11.8 Å². The number of furan rings is 1. The van der Waals surface area contributed by atoms with Crippen LogP contribution in [-0.4, -0.2) is 5.75 Å². The van der Waals surface area contributed by atoms with E-state index < -0.39 is 0 Å². The molecule has 0 amide bonds. The molecular formula is C15H20OS. The van der Waals surface area contributed by atoms with E-state index >= 15 is 0 Å². The second-order valence-electron chi connectivity index (χ2n) is 5.98. The molecule has 2 atom stereocenters. The first-order chi connectivity index (χ1) is 8.13. The topological polar surface area (TPSA) is 13.1 Å². The second-order valence-corrected chi connectivity index (χ2v) is 6.29. The molecule has 1 heterocycles. The minimum Gasteiger partial charge on any atom is -0.469 e. The molecule has 0 aliphatic heterocycles. The van der Waals surface area contributed by atoms with Crippen molar-refractivity contribution in [3.8, 4) is 0 Å². The van der Waals surface area contributed by atoms with E-state index in [9.17, 15) is 0 Å². The lowest BCUT2D eigenvalue weighted by Gasteiger charge is -2.45. The van der Waals surface area contributed by atoms with Crippen LogP contribution in [0.5, 0.6) is 0 Å². The van der Waals surface area contributed by atoms with Gasteiger partial charge in [-0.1, -0.05) is 25.5 Å². The van der Waals surface area contributed by atoms with Gasteiger partial charge in [0, 0.05) is 12.2 Å². The minimum atomic E-state index is 0.254. The van der Waals surface area contributed by atoms with Gasteiger partial charge in [-0.3, -0.25) is 0 Å². The molecule has 2 aliphatic carbocycles. The summed E-state index contributed by atoms with van der Waals surface area (Å²) >= 11 is 4.41. The number of hydrogen-bond donors (Lipinski definition) is 1. The number of fused-ring (bicyclic) bond motifs is 2. The van der Waals surface area contributed by atoms with E-state index in [0.717, 1.165) is 18.1 Å². The Kier molecular flexibility index (Phi) is 2.66. The summed E-state index contributed by atoms with van der Waals surface area (Å²) in [5.74, 6) is 3.53. The van der Waals surface area contributed by atoms with Crippen LogP contribution in [0.3, 0.4) is 0 Å². The smallest absolute Gasteiger partial charge is 0.108 e. The highest BCUT2D eigenvalue weighted by Gasteiger charge is 2.44. The highest BCUT2D eigenvalue weighted by atomic mass is 32.1. The molecule has 0 spiro atoms. The molecule has 1 aromatic heterocycles. The first kappa shape index (κ1) is 11.5. The molecule has 0 radical (unpaired) electrons. The zero-order valence-corrected chi connectivity index (χ0v) is 11.5. The van der Waals surface area contributed by atoms with Crippen LogP contribution in [0.1, 0.15) is 38.0 Å². The first-order valence-corrected chi connectivity index (χ1v) is 7.13. The molecule has 17 heavy (non-hydrogen) atoms. The van der Waals surface area contributed by atoms with E-state index in [1.54, 1.807) is 0 Å². The van der Waals surface area contributed by atoms with Gasteiger partial charge < -0.3 is 4.42 Å². The van der Waals surface area contributed by atoms with Crippen LogP contribution in [-0.2, 0) is 11.8 Å². The van der Waals surface area contributed by atoms with E-state index in [-0.39, 0.29) is 5.41 Å². The minimum absolute atomic E-state index is 0.254. The average molecular weight is 248 g/mol. The molecule has 92 valence electrons. The maximum absolute atomic E-state index is 5.66. The molecule has 3 rings (SSSR count). The van der Waals surface area contributed by atoms with Gasteiger partial charge in [0.2, 0.25) is 0 Å². The molecule has 0 aromatic carbocycles. The van der Waals surface area contributed by atoms with E-state index in [0.29, 0.717) is 5.92 Å². The van der Waals surface area contributed by atoms with Crippen molar-refractivity contribution in [1.82, 2.24) is 0 Å². The maximum Gasteiger partial charge on any atom is 0.108 e. The predicted molar refractivity (Wildman–Crippen MR) is 73.6 cm³/mol. The normalized spacial score (nSPS) is 30.4. The second kappa shape index (κ2) is 3.94. The molecule has 2 aliphatic rings. The van der Waals surface area contributed by atoms with Gasteiger partial charge in [0.25, 0.3) is 0 Å². The van der Waals surface area contributed by atoms with Crippen LogP contribution < -0.4 is 0 Å². The zero-order valence-electron chi connectivity index (χ0n) is 10.6. The average Bonchev–Trinajstić information content (AvgIpc) is 2.77. The monoisotopic (exact) mass is 248 g/mol. The third-order valence-electron chi connectivity index (χ3n) is 4.73. The van der Waals surface area contributed by atoms with Gasteiger partial charge in [0.15, 0.2) is 0 Å². The fourth-order valence-electron chi connectivity index (χ4n) is 3.77. The highest BCUT2D eigenvalue weighted by molar-refractivity contribution is 7.80. The first-order valence-electron chi connectivity index (χ1n) is 6.50. The summed E-state index contributed by atoms with van der Waals surface area (Å²) in [7, 11) is 0. The molecular weight excluding hydrogens is 228 g/mol. The third-order valence-corrected chi connectivity index (χ3v) is 5.14. The predicted octanol–water partition coefficient (Wildman–Crippen LogP) is 4.00. The van der Waals surface area contributed by atoms with Crippen LogP contribution in [0.25, 0.3) is 0 Å². The Balaban J connectivity index is 2.02. The quantitative estimate of drug-likeness (QED) is 0.585. The van der Waals surface area contributed by atoms with Gasteiger partial charge in [0.05, 0.1) is 6.26 Å². The molecule has 2 heteroatoms. The van der Waals surface area contributed by atoms with Crippen LogP contribution in [0.4, 0.5) is 0 Å². The SMILES string of the molecule is CC1(C)c2ccoc2CC2C=C(CS)CCC21. The molecule has 0 N–H and O–H groups in total. The van der Waals surface area contributed by atoms with Gasteiger partial charge in [0.1, 0.15) is 5.76 Å². The Morgan fingerprint density at radius 1 is 1.47 bits per heavy atom. The number of hydrogen-bond acceptors (Lipinski definition) is 2. The Morgan fingerprint density at radius 2 is 2.29 bits per heavy atom. The van der Waals surface area contributed by atoms with Crippen LogP contribution >= 0.6 is 12.6 Å². The van der Waals surface area contributed by atoms with E-state index in [2.05, 4.69) is 38.6 Å². The number of thiol groups is 1. The number of allylic oxidation sites excluding steroid dienone is 1. The van der Waals surface area contributed by atoms with Crippen molar-refractivity contribution < 1.29 is 4.42 Å². The van der Waals surface area contributed by atoms with Gasteiger partial charge in [-0.05, 0) is 41.7 Å². The largest absolute Gasteiger partial charge is 0.469 e. The standard InChI is InChI=1S/C15H20OS/c1-15(2)12-4-3-10(9-17)7-11(12)8-14-13(15)5-6-16-14/h5-7,11-12,17H,3-4,8-9H2,1-2H3. The van der Waals surface area contributed by atoms with Gasteiger partial charge in [-0.15, -0.1) is 0 Å². The van der Waals surface area contributed by atoms with Crippen molar-refractivity contribution in [2.24, 2.45) is 11.8 Å². The molecule has 1 aromatic rings. The Hall–Kier alpha value is -0.630. The fourth-order valence-corrected chi connectivity index (χ4v) is 4.04. The van der Waals surface area contributed by atoms with E-state index in [1.165, 1.54) is 29.7 Å². The van der Waals surface area contributed by atoms with Gasteiger partial charge in [-0.2, -0.15) is 12.6 Å². The van der Waals surface area contributed by atoms with E-state index in [1.807, 2.05) is 6.26 Å². The lowest BCUT2D eigenvalue weighted by molar-refractivity contribution is 0.188. The molecule has 0 fully saturated rings. The molecule has 2 unspecified atom stereocenters. The molecule has 1 nitrogen and oxygen atoms in total. The highest BCUT2D eigenvalue weighted by Crippen LogP contribution is 2.49. The van der Waals surface area contributed by atoms with Crippen molar-refractivity contribution in [1.29, 1.82) is 0 Å². The summed E-state index contributed by atoms with van der Waals surface area (Å²) in [6, 6.07) is 2.17. The lowest BCUT2D eigenvalue weighted by atomic mass is 9.59. The summed E-state index contributed by atoms with van der Waals surface area (Å²) in [5.41, 5.74) is 3.20. The summed E-state index contributed by atoms with van der Waals surface area (Å²) in [5, 5.41) is 0. The Morgan fingerprint density at radius 3 is 3.06 bits per heavy atom.